The summed E-state index contributed by atoms with van der Waals surface area (Å²) in [5, 5.41) is 61.2. The SMILES string of the molecule is COC(=O)C1=CO[C@@H](O[C@@H]2O[C@H](CO)[C@@H](O)[C@H](O)[C@H]2O)C2[C@@]3(C)O[C@H]3[C@@H](O)[C@]12O. The molecule has 12 heteroatoms. The van der Waals surface area contributed by atoms with Crippen LogP contribution in [0.15, 0.2) is 11.8 Å². The lowest BCUT2D eigenvalue weighted by atomic mass is 9.77. The molecule has 1 unspecified atom stereocenters. The molecule has 3 fully saturated rings. The van der Waals surface area contributed by atoms with Gasteiger partial charge in [0.1, 0.15) is 59.7 Å². The molecule has 6 N–H and O–H groups in total. The first-order valence-electron chi connectivity index (χ1n) is 9.09. The van der Waals surface area contributed by atoms with Crippen LogP contribution in [0, 0.1) is 5.92 Å². The molecule has 0 amide bonds. The minimum absolute atomic E-state index is 0.317. The van der Waals surface area contributed by atoms with Crippen molar-refractivity contribution in [3.8, 4) is 0 Å². The summed E-state index contributed by atoms with van der Waals surface area (Å²) in [5.74, 6) is -2.03. The lowest BCUT2D eigenvalue weighted by molar-refractivity contribution is -0.350. The third-order valence-corrected chi connectivity index (χ3v) is 6.26. The highest BCUT2D eigenvalue weighted by molar-refractivity contribution is 5.91. The number of hydrogen-bond acceptors (Lipinski definition) is 12. The molecule has 3 heterocycles. The zero-order valence-corrected chi connectivity index (χ0v) is 15.6. The van der Waals surface area contributed by atoms with Crippen LogP contribution in [0.2, 0.25) is 0 Å². The highest BCUT2D eigenvalue weighted by Gasteiger charge is 2.81. The van der Waals surface area contributed by atoms with Crippen LogP contribution in [0.25, 0.3) is 0 Å². The van der Waals surface area contributed by atoms with Gasteiger partial charge in [0, 0.05) is 0 Å². The van der Waals surface area contributed by atoms with Crippen molar-refractivity contribution in [3.63, 3.8) is 0 Å². The molecule has 1 aliphatic carbocycles. The lowest BCUT2D eigenvalue weighted by Gasteiger charge is -2.46. The highest BCUT2D eigenvalue weighted by atomic mass is 16.8. The summed E-state index contributed by atoms with van der Waals surface area (Å²) in [6, 6.07) is 0. The monoisotopic (exact) mass is 420 g/mol. The Labute approximate surface area is 164 Å². The Morgan fingerprint density at radius 3 is 2.48 bits per heavy atom. The number of fused-ring (bicyclic) bond motifs is 3. The fourth-order valence-electron chi connectivity index (χ4n) is 4.58. The van der Waals surface area contributed by atoms with E-state index in [9.17, 15) is 35.4 Å². The number of epoxide rings is 1. The summed E-state index contributed by atoms with van der Waals surface area (Å²) < 4.78 is 26.5. The van der Waals surface area contributed by atoms with E-state index in [4.69, 9.17) is 18.9 Å². The van der Waals surface area contributed by atoms with E-state index in [1.165, 1.54) is 0 Å². The summed E-state index contributed by atoms with van der Waals surface area (Å²) in [6.45, 7) is 0.939. The molecule has 0 aromatic heterocycles. The van der Waals surface area contributed by atoms with Crippen molar-refractivity contribution in [3.05, 3.63) is 11.8 Å². The molecule has 4 aliphatic rings. The maximum Gasteiger partial charge on any atom is 0.339 e. The molecular weight excluding hydrogens is 396 g/mol. The molecule has 29 heavy (non-hydrogen) atoms. The molecule has 4 rings (SSSR count). The van der Waals surface area contributed by atoms with Gasteiger partial charge in [-0.1, -0.05) is 0 Å². The zero-order valence-electron chi connectivity index (χ0n) is 15.6. The molecule has 0 spiro atoms. The van der Waals surface area contributed by atoms with Gasteiger partial charge in [-0.3, -0.25) is 0 Å². The first-order chi connectivity index (χ1) is 13.6. The average Bonchev–Trinajstić information content (AvgIpc) is 3.34. The fraction of sp³-hybridized carbons (Fsp3) is 0.824. The molecule has 0 radical (unpaired) electrons. The molecule has 3 aliphatic heterocycles. The van der Waals surface area contributed by atoms with E-state index in [-0.39, 0.29) is 5.57 Å². The summed E-state index contributed by atoms with van der Waals surface area (Å²) in [5.41, 5.74) is -3.55. The minimum Gasteiger partial charge on any atom is -0.471 e. The third-order valence-electron chi connectivity index (χ3n) is 6.26. The quantitative estimate of drug-likeness (QED) is 0.192. The summed E-state index contributed by atoms with van der Waals surface area (Å²) in [6.07, 6.45) is -10.5. The Balaban J connectivity index is 1.64. The first-order valence-corrected chi connectivity index (χ1v) is 9.09. The van der Waals surface area contributed by atoms with Crippen LogP contribution in [-0.2, 0) is 28.5 Å². The number of carbonyl (C=O) groups excluding carboxylic acids is 1. The summed E-state index contributed by atoms with van der Waals surface area (Å²) in [7, 11) is 1.11. The first kappa shape index (κ1) is 20.9. The summed E-state index contributed by atoms with van der Waals surface area (Å²) >= 11 is 0. The van der Waals surface area contributed by atoms with Crippen molar-refractivity contribution in [2.45, 2.75) is 67.3 Å². The average molecular weight is 420 g/mol. The van der Waals surface area contributed by atoms with E-state index in [0.717, 1.165) is 13.4 Å². The van der Waals surface area contributed by atoms with Gasteiger partial charge in [0.05, 0.1) is 19.6 Å². The van der Waals surface area contributed by atoms with E-state index in [1.54, 1.807) is 6.92 Å². The zero-order chi connectivity index (χ0) is 21.3. The maximum absolute atomic E-state index is 12.1. The van der Waals surface area contributed by atoms with E-state index in [0.29, 0.717) is 0 Å². The molecule has 2 saturated heterocycles. The molecule has 0 bridgehead atoms. The minimum atomic E-state index is -2.12. The van der Waals surface area contributed by atoms with Gasteiger partial charge in [0.25, 0.3) is 0 Å². The van der Waals surface area contributed by atoms with E-state index in [2.05, 4.69) is 4.74 Å². The van der Waals surface area contributed by atoms with Gasteiger partial charge in [0.15, 0.2) is 6.29 Å². The topological polar surface area (TPSA) is 188 Å². The van der Waals surface area contributed by atoms with Crippen molar-refractivity contribution >= 4 is 5.97 Å². The molecular formula is C17H24O12. The molecule has 164 valence electrons. The molecule has 11 atom stereocenters. The Kier molecular flexibility index (Phi) is 4.93. The summed E-state index contributed by atoms with van der Waals surface area (Å²) in [4.78, 5) is 12.1. The van der Waals surface area contributed by atoms with Gasteiger partial charge in [-0.05, 0) is 6.92 Å². The second-order valence-corrected chi connectivity index (χ2v) is 7.83. The number of aliphatic hydroxyl groups excluding tert-OH is 5. The number of ether oxygens (including phenoxy) is 5. The number of rotatable bonds is 4. The van der Waals surface area contributed by atoms with E-state index < -0.39 is 78.9 Å². The normalized spacial score (nSPS) is 53.4. The van der Waals surface area contributed by atoms with E-state index >= 15 is 0 Å². The van der Waals surface area contributed by atoms with Crippen molar-refractivity contribution in [1.82, 2.24) is 0 Å². The highest BCUT2D eigenvalue weighted by Crippen LogP contribution is 2.63. The predicted octanol–water partition coefficient (Wildman–Crippen LogP) is -3.90. The van der Waals surface area contributed by atoms with Crippen LogP contribution in [0.5, 0.6) is 0 Å². The number of hydrogen-bond donors (Lipinski definition) is 6. The van der Waals surface area contributed by atoms with Gasteiger partial charge in [-0.15, -0.1) is 0 Å². The van der Waals surface area contributed by atoms with Gasteiger partial charge < -0.3 is 54.3 Å². The van der Waals surface area contributed by atoms with Gasteiger partial charge in [-0.25, -0.2) is 4.79 Å². The molecule has 0 aromatic rings. The van der Waals surface area contributed by atoms with Crippen LogP contribution < -0.4 is 0 Å². The Hall–Kier alpha value is -1.35. The Bertz CT molecular complexity index is 711. The second-order valence-electron chi connectivity index (χ2n) is 7.83. The predicted molar refractivity (Wildman–Crippen MR) is 87.5 cm³/mol. The Morgan fingerprint density at radius 2 is 1.86 bits per heavy atom. The van der Waals surface area contributed by atoms with E-state index in [1.807, 2.05) is 0 Å². The fourth-order valence-corrected chi connectivity index (χ4v) is 4.58. The smallest absolute Gasteiger partial charge is 0.339 e. The number of esters is 1. The van der Waals surface area contributed by atoms with Crippen LogP contribution in [0.3, 0.4) is 0 Å². The van der Waals surface area contributed by atoms with Crippen LogP contribution in [-0.4, -0.2) is 111 Å². The third kappa shape index (κ3) is 2.76. The van der Waals surface area contributed by atoms with Crippen LogP contribution in [0.1, 0.15) is 6.92 Å². The largest absolute Gasteiger partial charge is 0.471 e. The molecule has 0 aromatic carbocycles. The molecule has 12 nitrogen and oxygen atoms in total. The standard InChI is InChI=1S/C17H24O12/c1-16-10-15(28-14-9(21)8(20)7(19)6(3-18)27-14)26-4-5(13(23)25-2)17(10,24)11(22)12(16)29-16/h4,6-12,14-15,18-22,24H,3H2,1-2H3/t6-,7-,8+,9-,10?,11-,12+,14+,15+,16-,17+/m1/s1. The maximum atomic E-state index is 12.1. The Morgan fingerprint density at radius 1 is 1.17 bits per heavy atom. The number of aliphatic hydroxyl groups is 6. The second kappa shape index (κ2) is 6.83. The van der Waals surface area contributed by atoms with Crippen molar-refractivity contribution in [2.24, 2.45) is 5.92 Å². The van der Waals surface area contributed by atoms with Crippen molar-refractivity contribution in [1.29, 1.82) is 0 Å². The van der Waals surface area contributed by atoms with Gasteiger partial charge >= 0.3 is 5.97 Å². The van der Waals surface area contributed by atoms with Gasteiger partial charge in [-0.2, -0.15) is 0 Å². The lowest BCUT2D eigenvalue weighted by Crippen LogP contribution is -2.63. The number of methoxy groups -OCH3 is 1. The van der Waals surface area contributed by atoms with Gasteiger partial charge in [0.2, 0.25) is 6.29 Å². The number of carbonyl (C=O) groups is 1. The molecule has 1 saturated carbocycles. The van der Waals surface area contributed by atoms with Crippen LogP contribution in [0.4, 0.5) is 0 Å². The van der Waals surface area contributed by atoms with Crippen molar-refractivity contribution < 1.29 is 59.1 Å². The van der Waals surface area contributed by atoms with Crippen LogP contribution >= 0.6 is 0 Å². The van der Waals surface area contributed by atoms with Crippen molar-refractivity contribution in [2.75, 3.05) is 13.7 Å².